The average molecular weight is 613 g/mol. The molecular weight excluding hydrogens is 572 g/mol. The summed E-state index contributed by atoms with van der Waals surface area (Å²) in [6.45, 7) is 11.4. The highest BCUT2D eigenvalue weighted by Crippen LogP contribution is 2.52. The largest absolute Gasteiger partial charge is 0.490 e. The van der Waals surface area contributed by atoms with Gasteiger partial charge < -0.3 is 14.7 Å². The van der Waals surface area contributed by atoms with E-state index in [4.69, 9.17) is 16.3 Å². The maximum Gasteiger partial charge on any atom is 0.264 e. The number of nitrogens with one attached hydrogen (secondary N) is 1. The molecule has 1 saturated carbocycles. The first kappa shape index (κ1) is 30.6. The van der Waals surface area contributed by atoms with Gasteiger partial charge in [-0.2, -0.15) is 0 Å². The number of carbonyl (C=O) groups is 1. The molecular formula is C33H41ClN2O5S. The second kappa shape index (κ2) is 12.1. The molecule has 2 aliphatic carbocycles. The minimum Gasteiger partial charge on any atom is -0.490 e. The highest BCUT2D eigenvalue weighted by atomic mass is 35.5. The molecule has 9 heteroatoms. The van der Waals surface area contributed by atoms with Crippen LogP contribution in [0.15, 0.2) is 61.7 Å². The van der Waals surface area contributed by atoms with E-state index >= 15 is 0 Å². The molecule has 1 unspecified atom stereocenters. The van der Waals surface area contributed by atoms with Crippen LogP contribution in [0.1, 0.15) is 66.9 Å². The van der Waals surface area contributed by atoms with Crippen LogP contribution in [0.25, 0.3) is 0 Å². The van der Waals surface area contributed by atoms with Gasteiger partial charge in [-0.25, -0.2) is 13.1 Å². The van der Waals surface area contributed by atoms with Crippen molar-refractivity contribution in [2.24, 2.45) is 11.3 Å². The standard InChI is InChI=1S/C33H41ClN2O5S/c1-4-6-17-42(39,40)35-31(38)24-10-13-29-28(19-24)36(20-25-14-16-32(25,3)30(37)8-5-2)21-33(22-41-29)15-7-9-23-18-26(34)11-12-27(23)33/h4-5,10-13,18-19,25,30,37H,1-2,6-9,14-17,20-22H2,3H3,(H,35,38)/t25-,30-,32+,33?/m0/s1. The van der Waals surface area contributed by atoms with E-state index in [1.54, 1.807) is 24.3 Å². The van der Waals surface area contributed by atoms with Gasteiger partial charge in [0.15, 0.2) is 0 Å². The Labute approximate surface area is 254 Å². The number of carbonyl (C=O) groups excluding carboxylic acids is 1. The Kier molecular flexibility index (Phi) is 8.80. The molecule has 226 valence electrons. The van der Waals surface area contributed by atoms with Gasteiger partial charge in [-0.1, -0.05) is 36.7 Å². The number of anilines is 1. The van der Waals surface area contributed by atoms with Crippen LogP contribution >= 0.6 is 11.6 Å². The number of aryl methyl sites for hydroxylation is 1. The molecule has 3 aliphatic rings. The smallest absolute Gasteiger partial charge is 0.264 e. The van der Waals surface area contributed by atoms with Crippen LogP contribution in [0.3, 0.4) is 0 Å². The molecule has 5 rings (SSSR count). The van der Waals surface area contributed by atoms with Crippen molar-refractivity contribution >= 4 is 33.2 Å². The summed E-state index contributed by atoms with van der Waals surface area (Å²) < 4.78 is 33.6. The molecule has 2 aromatic carbocycles. The molecule has 1 amide bonds. The fraction of sp³-hybridized carbons (Fsp3) is 0.485. The minimum absolute atomic E-state index is 0.207. The summed E-state index contributed by atoms with van der Waals surface area (Å²) in [6, 6.07) is 11.3. The Morgan fingerprint density at radius 2 is 2.05 bits per heavy atom. The van der Waals surface area contributed by atoms with Gasteiger partial charge in [0.1, 0.15) is 5.75 Å². The topological polar surface area (TPSA) is 95.9 Å². The lowest BCUT2D eigenvalue weighted by Gasteiger charge is -2.52. The number of allylic oxidation sites excluding steroid dienone is 1. The molecule has 0 radical (unpaired) electrons. The third-order valence-electron chi connectivity index (χ3n) is 9.69. The van der Waals surface area contributed by atoms with Crippen LogP contribution in [0.4, 0.5) is 5.69 Å². The summed E-state index contributed by atoms with van der Waals surface area (Å²) in [5, 5.41) is 11.7. The molecule has 0 aromatic heterocycles. The fourth-order valence-electron chi connectivity index (χ4n) is 6.98. The van der Waals surface area contributed by atoms with Crippen molar-refractivity contribution in [2.45, 2.75) is 63.4 Å². The van der Waals surface area contributed by atoms with Crippen molar-refractivity contribution < 1.29 is 23.1 Å². The van der Waals surface area contributed by atoms with Crippen molar-refractivity contribution in [3.8, 4) is 5.75 Å². The predicted octanol–water partition coefficient (Wildman–Crippen LogP) is 5.80. The van der Waals surface area contributed by atoms with E-state index in [1.165, 1.54) is 17.2 Å². The number of sulfonamides is 1. The maximum absolute atomic E-state index is 13.1. The molecule has 1 fully saturated rings. The number of aliphatic hydroxyl groups excluding tert-OH is 1. The number of hydrogen-bond donors (Lipinski definition) is 2. The molecule has 2 aromatic rings. The Hall–Kier alpha value is -2.81. The Bertz CT molecular complexity index is 1480. The lowest BCUT2D eigenvalue weighted by atomic mass is 9.57. The van der Waals surface area contributed by atoms with E-state index < -0.39 is 22.0 Å². The minimum atomic E-state index is -3.80. The van der Waals surface area contributed by atoms with Gasteiger partial charge in [-0.3, -0.25) is 4.79 Å². The molecule has 42 heavy (non-hydrogen) atoms. The van der Waals surface area contributed by atoms with E-state index in [-0.39, 0.29) is 34.5 Å². The highest BCUT2D eigenvalue weighted by molar-refractivity contribution is 7.90. The summed E-state index contributed by atoms with van der Waals surface area (Å²) in [6.07, 6.45) is 8.42. The number of ether oxygens (including phenoxy) is 1. The third kappa shape index (κ3) is 5.99. The molecule has 1 heterocycles. The van der Waals surface area contributed by atoms with Crippen molar-refractivity contribution in [3.05, 3.63) is 83.4 Å². The van der Waals surface area contributed by atoms with Crippen molar-refractivity contribution in [2.75, 3.05) is 30.3 Å². The third-order valence-corrected chi connectivity index (χ3v) is 11.2. The van der Waals surface area contributed by atoms with Crippen LogP contribution in [0, 0.1) is 11.3 Å². The lowest BCUT2D eigenvalue weighted by molar-refractivity contribution is -0.0695. The number of amides is 1. The molecule has 1 spiro atoms. The summed E-state index contributed by atoms with van der Waals surface area (Å²) in [5.41, 5.74) is 2.96. The molecule has 1 aliphatic heterocycles. The van der Waals surface area contributed by atoms with Crippen molar-refractivity contribution in [1.29, 1.82) is 0 Å². The first-order valence-corrected chi connectivity index (χ1v) is 16.8. The molecule has 0 bridgehead atoms. The number of halogens is 1. The Balaban J connectivity index is 1.52. The normalized spacial score (nSPS) is 25.7. The van der Waals surface area contributed by atoms with Crippen molar-refractivity contribution in [1.82, 2.24) is 4.72 Å². The van der Waals surface area contributed by atoms with Gasteiger partial charge in [-0.15, -0.1) is 13.2 Å². The predicted molar refractivity (Wildman–Crippen MR) is 168 cm³/mol. The maximum atomic E-state index is 13.1. The quantitative estimate of drug-likeness (QED) is 0.329. The Morgan fingerprint density at radius 1 is 1.24 bits per heavy atom. The fourth-order valence-corrected chi connectivity index (χ4v) is 8.15. The van der Waals surface area contributed by atoms with E-state index in [2.05, 4.69) is 41.8 Å². The zero-order chi connectivity index (χ0) is 30.1. The second-order valence-corrected chi connectivity index (χ2v) is 14.7. The van der Waals surface area contributed by atoms with Gasteiger partial charge in [0.25, 0.3) is 5.91 Å². The van der Waals surface area contributed by atoms with Crippen LogP contribution in [-0.2, 0) is 21.9 Å². The van der Waals surface area contributed by atoms with Gasteiger partial charge in [0, 0.05) is 29.1 Å². The molecule has 0 saturated heterocycles. The molecule has 7 nitrogen and oxygen atoms in total. The van der Waals surface area contributed by atoms with E-state index in [0.717, 1.165) is 42.8 Å². The monoisotopic (exact) mass is 612 g/mol. The summed E-state index contributed by atoms with van der Waals surface area (Å²) >= 11 is 6.38. The van der Waals surface area contributed by atoms with Gasteiger partial charge in [0.2, 0.25) is 10.0 Å². The number of aliphatic hydroxyl groups is 1. The number of rotatable bonds is 10. The van der Waals surface area contributed by atoms with Crippen LogP contribution in [-0.4, -0.2) is 51.0 Å². The number of benzene rings is 2. The van der Waals surface area contributed by atoms with Crippen molar-refractivity contribution in [3.63, 3.8) is 0 Å². The first-order valence-electron chi connectivity index (χ1n) is 14.8. The highest BCUT2D eigenvalue weighted by Gasteiger charge is 2.49. The zero-order valence-corrected chi connectivity index (χ0v) is 25.9. The summed E-state index contributed by atoms with van der Waals surface area (Å²) in [5.74, 6) is 0.00211. The van der Waals surface area contributed by atoms with Gasteiger partial charge >= 0.3 is 0 Å². The van der Waals surface area contributed by atoms with Crippen LogP contribution in [0.2, 0.25) is 5.02 Å². The van der Waals surface area contributed by atoms with Crippen LogP contribution < -0.4 is 14.4 Å². The summed E-state index contributed by atoms with van der Waals surface area (Å²) in [4.78, 5) is 15.4. The lowest BCUT2D eigenvalue weighted by Crippen LogP contribution is -2.53. The number of nitrogens with zero attached hydrogens (tertiary/aromatic N) is 1. The first-order chi connectivity index (χ1) is 20.0. The van der Waals surface area contributed by atoms with Gasteiger partial charge in [-0.05, 0) is 97.7 Å². The zero-order valence-electron chi connectivity index (χ0n) is 24.3. The van der Waals surface area contributed by atoms with E-state index in [9.17, 15) is 18.3 Å². The van der Waals surface area contributed by atoms with E-state index in [0.29, 0.717) is 31.9 Å². The van der Waals surface area contributed by atoms with Crippen LogP contribution in [0.5, 0.6) is 5.75 Å². The van der Waals surface area contributed by atoms with E-state index in [1.807, 2.05) is 6.07 Å². The average Bonchev–Trinajstić information content (AvgIpc) is 3.10. The summed E-state index contributed by atoms with van der Waals surface area (Å²) in [7, 11) is -3.80. The number of hydrogen-bond acceptors (Lipinski definition) is 6. The Morgan fingerprint density at radius 3 is 2.76 bits per heavy atom. The van der Waals surface area contributed by atoms with Gasteiger partial charge in [0.05, 0.1) is 24.2 Å². The second-order valence-electron chi connectivity index (χ2n) is 12.4. The molecule has 2 N–H and O–H groups in total. The molecule has 4 atom stereocenters. The number of fused-ring (bicyclic) bond motifs is 3. The SMILES string of the molecule is C=CCCS(=O)(=O)NC(=O)c1ccc2c(c1)N(C[C@@H]1CC[C@@]1(C)[C@@H](O)CC=C)CC1(CCCc3cc(Cl)ccc31)CO2.